The second-order valence-electron chi connectivity index (χ2n) is 3.28. The molecule has 0 saturated carbocycles. The topological polar surface area (TPSA) is 21.3 Å². The Morgan fingerprint density at radius 2 is 2.09 bits per heavy atom. The molecule has 0 aliphatic rings. The third kappa shape index (κ3) is 4.71. The summed E-state index contributed by atoms with van der Waals surface area (Å²) in [5.74, 6) is 0.642. The van der Waals surface area contributed by atoms with E-state index in [2.05, 4.69) is 32.7 Å². The van der Waals surface area contributed by atoms with Crippen molar-refractivity contribution in [3.8, 4) is 0 Å². The molecule has 0 aliphatic carbocycles. The third-order valence-electron chi connectivity index (χ3n) is 1.53. The zero-order valence-corrected chi connectivity index (χ0v) is 8.03. The van der Waals surface area contributed by atoms with Crippen molar-refractivity contribution in [2.24, 2.45) is 0 Å². The van der Waals surface area contributed by atoms with Gasteiger partial charge in [0.05, 0.1) is 0 Å². The van der Waals surface area contributed by atoms with E-state index < -0.39 is 0 Å². The van der Waals surface area contributed by atoms with Crippen LogP contribution < -0.4 is 5.32 Å². The van der Waals surface area contributed by atoms with Gasteiger partial charge in [0.1, 0.15) is 5.60 Å². The molecule has 0 aromatic heterocycles. The molecule has 11 heavy (non-hydrogen) atoms. The Hall–Kier alpha value is -0.660. The summed E-state index contributed by atoms with van der Waals surface area (Å²) in [5, 5.41) is 2.86. The van der Waals surface area contributed by atoms with E-state index >= 15 is 0 Å². The highest BCUT2D eigenvalue weighted by Gasteiger charge is 2.17. The van der Waals surface area contributed by atoms with E-state index in [1.807, 2.05) is 7.05 Å². The van der Waals surface area contributed by atoms with Crippen LogP contribution in [0.15, 0.2) is 12.5 Å². The quantitative estimate of drug-likeness (QED) is 0.618. The minimum Gasteiger partial charge on any atom is -0.474 e. The molecule has 0 rings (SSSR count). The Bertz CT molecular complexity index is 130. The molecule has 0 heterocycles. The van der Waals surface area contributed by atoms with Gasteiger partial charge >= 0.3 is 0 Å². The van der Waals surface area contributed by atoms with Crippen LogP contribution in [0.5, 0.6) is 0 Å². The number of hydrogen-bond acceptors (Lipinski definition) is 2. The van der Waals surface area contributed by atoms with Crippen LogP contribution >= 0.6 is 0 Å². The molecule has 0 fully saturated rings. The van der Waals surface area contributed by atoms with Crippen molar-refractivity contribution >= 4 is 0 Å². The highest BCUT2D eigenvalue weighted by Crippen LogP contribution is 2.18. The zero-order valence-electron chi connectivity index (χ0n) is 8.03. The van der Waals surface area contributed by atoms with Crippen molar-refractivity contribution in [1.82, 2.24) is 5.32 Å². The Kier molecular flexibility index (Phi) is 4.01. The summed E-state index contributed by atoms with van der Waals surface area (Å²) in [6, 6.07) is 0. The molecule has 0 atom stereocenters. The Labute approximate surface area is 69.6 Å². The molecule has 2 nitrogen and oxygen atoms in total. The minimum atomic E-state index is -0.0884. The largest absolute Gasteiger partial charge is 0.474 e. The Morgan fingerprint density at radius 3 is 2.45 bits per heavy atom. The van der Waals surface area contributed by atoms with E-state index in [0.29, 0.717) is 5.88 Å². The molecule has 0 unspecified atom stereocenters. The van der Waals surface area contributed by atoms with Gasteiger partial charge in [-0.05, 0) is 26.8 Å². The maximum absolute atomic E-state index is 5.52. The van der Waals surface area contributed by atoms with E-state index in [1.54, 1.807) is 0 Å². The first-order valence-corrected chi connectivity index (χ1v) is 4.07. The molecule has 1 N–H and O–H groups in total. The zero-order chi connectivity index (χ0) is 8.91. The van der Waals surface area contributed by atoms with Gasteiger partial charge in [0.15, 0.2) is 5.88 Å². The molecule has 0 bridgehead atoms. The first-order chi connectivity index (χ1) is 5.02. The summed E-state index contributed by atoms with van der Waals surface area (Å²) in [6.07, 6.45) is 2.18. The molecular weight excluding hydrogens is 138 g/mol. The number of ether oxygens (including phenoxy) is 1. The van der Waals surface area contributed by atoms with Gasteiger partial charge < -0.3 is 10.1 Å². The van der Waals surface area contributed by atoms with Crippen LogP contribution in [-0.4, -0.2) is 12.6 Å². The van der Waals surface area contributed by atoms with Crippen molar-refractivity contribution in [2.75, 3.05) is 7.05 Å². The fraction of sp³-hybridized carbons (Fsp3) is 0.778. The molecule has 0 spiro atoms. The predicted molar refractivity (Wildman–Crippen MR) is 48.3 cm³/mol. The summed E-state index contributed by atoms with van der Waals surface area (Å²) >= 11 is 0. The van der Waals surface area contributed by atoms with Crippen LogP contribution in [0, 0.1) is 0 Å². The standard InChI is InChI=1S/C9H19NO/c1-6-7-9(3,4)11-8(2)10-5/h10H,2,6-7H2,1,3-5H3. The molecule has 2 heteroatoms. The van der Waals surface area contributed by atoms with Crippen LogP contribution in [0.2, 0.25) is 0 Å². The van der Waals surface area contributed by atoms with E-state index in [-0.39, 0.29) is 5.60 Å². The maximum atomic E-state index is 5.52. The van der Waals surface area contributed by atoms with E-state index in [1.165, 1.54) is 0 Å². The van der Waals surface area contributed by atoms with Crippen molar-refractivity contribution in [2.45, 2.75) is 39.2 Å². The summed E-state index contributed by atoms with van der Waals surface area (Å²) < 4.78 is 5.52. The lowest BCUT2D eigenvalue weighted by atomic mass is 10.0. The summed E-state index contributed by atoms with van der Waals surface area (Å²) in [4.78, 5) is 0. The maximum Gasteiger partial charge on any atom is 0.179 e. The Balaban J connectivity index is 3.80. The number of rotatable bonds is 5. The fourth-order valence-corrected chi connectivity index (χ4v) is 1.04. The number of hydrogen-bond donors (Lipinski definition) is 1. The van der Waals surface area contributed by atoms with E-state index in [0.717, 1.165) is 12.8 Å². The molecule has 0 aliphatic heterocycles. The molecule has 0 radical (unpaired) electrons. The third-order valence-corrected chi connectivity index (χ3v) is 1.53. The molecular formula is C9H19NO. The first kappa shape index (κ1) is 10.3. The molecule has 0 saturated heterocycles. The fourth-order valence-electron chi connectivity index (χ4n) is 1.04. The molecule has 0 amide bonds. The highest BCUT2D eigenvalue weighted by molar-refractivity contribution is 4.82. The van der Waals surface area contributed by atoms with Crippen molar-refractivity contribution in [3.05, 3.63) is 12.5 Å². The van der Waals surface area contributed by atoms with Gasteiger partial charge in [-0.15, -0.1) is 0 Å². The first-order valence-electron chi connectivity index (χ1n) is 4.07. The van der Waals surface area contributed by atoms with Crippen LogP contribution in [0.4, 0.5) is 0 Å². The smallest absolute Gasteiger partial charge is 0.179 e. The van der Waals surface area contributed by atoms with Crippen LogP contribution in [0.25, 0.3) is 0 Å². The lowest BCUT2D eigenvalue weighted by molar-refractivity contribution is 0.0191. The van der Waals surface area contributed by atoms with Gasteiger partial charge in [-0.2, -0.15) is 0 Å². The molecule has 0 aromatic carbocycles. The molecule has 0 aromatic rings. The van der Waals surface area contributed by atoms with Gasteiger partial charge in [-0.1, -0.05) is 13.3 Å². The second-order valence-corrected chi connectivity index (χ2v) is 3.28. The lowest BCUT2D eigenvalue weighted by Gasteiger charge is -2.26. The van der Waals surface area contributed by atoms with Crippen LogP contribution in [-0.2, 0) is 4.74 Å². The van der Waals surface area contributed by atoms with Crippen molar-refractivity contribution in [1.29, 1.82) is 0 Å². The van der Waals surface area contributed by atoms with Gasteiger partial charge in [0, 0.05) is 7.05 Å². The van der Waals surface area contributed by atoms with Crippen molar-refractivity contribution < 1.29 is 4.74 Å². The van der Waals surface area contributed by atoms with Crippen molar-refractivity contribution in [3.63, 3.8) is 0 Å². The summed E-state index contributed by atoms with van der Waals surface area (Å²) in [6.45, 7) is 9.99. The highest BCUT2D eigenvalue weighted by atomic mass is 16.5. The van der Waals surface area contributed by atoms with Gasteiger partial charge in [-0.3, -0.25) is 0 Å². The minimum absolute atomic E-state index is 0.0884. The SMILES string of the molecule is C=C(NC)OC(C)(C)CCC. The van der Waals surface area contributed by atoms with Gasteiger partial charge in [0.25, 0.3) is 0 Å². The predicted octanol–water partition coefficient (Wildman–Crippen LogP) is 2.27. The average Bonchev–Trinajstić information content (AvgIpc) is 1.86. The molecule has 66 valence electrons. The van der Waals surface area contributed by atoms with Crippen LogP contribution in [0.3, 0.4) is 0 Å². The van der Waals surface area contributed by atoms with Gasteiger partial charge in [-0.25, -0.2) is 0 Å². The summed E-state index contributed by atoms with van der Waals surface area (Å²) in [7, 11) is 1.81. The van der Waals surface area contributed by atoms with Gasteiger partial charge in [0.2, 0.25) is 0 Å². The number of nitrogens with one attached hydrogen (secondary N) is 1. The normalized spacial score (nSPS) is 10.9. The average molecular weight is 157 g/mol. The lowest BCUT2D eigenvalue weighted by Crippen LogP contribution is -2.26. The van der Waals surface area contributed by atoms with E-state index in [9.17, 15) is 0 Å². The Morgan fingerprint density at radius 1 is 1.55 bits per heavy atom. The summed E-state index contributed by atoms with van der Waals surface area (Å²) in [5.41, 5.74) is -0.0884. The van der Waals surface area contributed by atoms with E-state index in [4.69, 9.17) is 4.74 Å². The van der Waals surface area contributed by atoms with Crippen LogP contribution in [0.1, 0.15) is 33.6 Å². The monoisotopic (exact) mass is 157 g/mol. The second kappa shape index (κ2) is 4.27.